The number of H-pyrrole nitrogens is 1. The first-order valence-corrected chi connectivity index (χ1v) is 11.5. The van der Waals surface area contributed by atoms with E-state index in [1.807, 2.05) is 28.8 Å². The van der Waals surface area contributed by atoms with E-state index in [0.717, 1.165) is 16.6 Å². The molecular weight excluding hydrogens is 471 g/mol. The molecule has 0 aliphatic carbocycles. The van der Waals surface area contributed by atoms with Crippen LogP contribution in [0.5, 0.6) is 28.7 Å². The van der Waals surface area contributed by atoms with E-state index in [2.05, 4.69) is 16.8 Å². The summed E-state index contributed by atoms with van der Waals surface area (Å²) in [7, 11) is 3.10. The molecule has 6 nitrogen and oxygen atoms in total. The van der Waals surface area contributed by atoms with Gasteiger partial charge in [-0.25, -0.2) is 13.9 Å². The molecular formula is C30H24FN2O4+. The second-order valence-electron chi connectivity index (χ2n) is 8.25. The lowest BCUT2D eigenvalue weighted by Gasteiger charge is -2.11. The van der Waals surface area contributed by atoms with Gasteiger partial charge in [-0.1, -0.05) is 24.3 Å². The van der Waals surface area contributed by atoms with Crippen molar-refractivity contribution in [2.24, 2.45) is 0 Å². The number of methoxy groups -OCH3 is 2. The highest BCUT2D eigenvalue weighted by atomic mass is 19.1. The summed E-state index contributed by atoms with van der Waals surface area (Å²) in [4.78, 5) is 3.33. The van der Waals surface area contributed by atoms with Crippen LogP contribution in [0.3, 0.4) is 0 Å². The first-order chi connectivity index (χ1) is 18.0. The Morgan fingerprint density at radius 3 is 2.30 bits per heavy atom. The Morgan fingerprint density at radius 1 is 0.838 bits per heavy atom. The van der Waals surface area contributed by atoms with Gasteiger partial charge in [-0.05, 0) is 60.0 Å². The van der Waals surface area contributed by atoms with Crippen molar-refractivity contribution in [2.75, 3.05) is 14.2 Å². The summed E-state index contributed by atoms with van der Waals surface area (Å²) < 4.78 is 32.0. The summed E-state index contributed by atoms with van der Waals surface area (Å²) in [6, 6.07) is 24.5. The van der Waals surface area contributed by atoms with Crippen LogP contribution in [0.25, 0.3) is 11.0 Å². The number of nitrogens with zero attached hydrogens (tertiary/aromatic N) is 1. The molecule has 0 aliphatic heterocycles. The van der Waals surface area contributed by atoms with Crippen molar-refractivity contribution in [3.8, 4) is 40.6 Å². The number of benzene rings is 4. The summed E-state index contributed by atoms with van der Waals surface area (Å²) in [6.45, 7) is 0.492. The number of aromatic amines is 1. The molecule has 0 spiro atoms. The molecule has 0 saturated carbocycles. The van der Waals surface area contributed by atoms with Gasteiger partial charge in [-0.3, -0.25) is 0 Å². The molecule has 2 N–H and O–H groups in total. The molecule has 0 aliphatic rings. The van der Waals surface area contributed by atoms with Crippen molar-refractivity contribution in [2.45, 2.75) is 6.54 Å². The standard InChI is InChI=1S/C30H23FN2O4/c1-35-22-11-13-23(14-12-22)37-24-17-28(34)25(29(18-24)36-2)15-16-30-32-26-5-3-4-6-27(26)33(30)19-20-7-9-21(31)10-8-20/h3-14,17-18H,19H2,1-2H3,(H,32,34)/p+1. The zero-order chi connectivity index (χ0) is 25.8. The van der Waals surface area contributed by atoms with Gasteiger partial charge in [0, 0.05) is 18.1 Å². The smallest absolute Gasteiger partial charge is 0.334 e. The number of hydrogen-bond donors (Lipinski definition) is 2. The van der Waals surface area contributed by atoms with Crippen LogP contribution in [0.4, 0.5) is 4.39 Å². The number of imidazole rings is 1. The number of phenolic OH excluding ortho intramolecular Hbond substituents is 1. The van der Waals surface area contributed by atoms with E-state index in [9.17, 15) is 9.50 Å². The number of aromatic hydroxyl groups is 1. The molecule has 0 radical (unpaired) electrons. The van der Waals surface area contributed by atoms with Crippen LogP contribution in [0.1, 0.15) is 17.0 Å². The Kier molecular flexibility index (Phi) is 6.64. The fourth-order valence-corrected chi connectivity index (χ4v) is 3.99. The van der Waals surface area contributed by atoms with Crippen molar-refractivity contribution in [3.05, 3.63) is 108 Å². The molecule has 7 heteroatoms. The first kappa shape index (κ1) is 23.8. The normalized spacial score (nSPS) is 10.6. The predicted molar refractivity (Wildman–Crippen MR) is 138 cm³/mol. The highest BCUT2D eigenvalue weighted by Gasteiger charge is 2.18. The van der Waals surface area contributed by atoms with Gasteiger partial charge >= 0.3 is 5.82 Å². The van der Waals surface area contributed by atoms with Gasteiger partial charge in [0.2, 0.25) is 0 Å². The Morgan fingerprint density at radius 2 is 1.57 bits per heavy atom. The van der Waals surface area contributed by atoms with E-state index in [1.54, 1.807) is 49.6 Å². The lowest BCUT2D eigenvalue weighted by molar-refractivity contribution is -0.664. The van der Waals surface area contributed by atoms with Crippen LogP contribution in [0, 0.1) is 17.7 Å². The summed E-state index contributed by atoms with van der Waals surface area (Å²) in [6.07, 6.45) is 0. The number of rotatable bonds is 6. The minimum Gasteiger partial charge on any atom is -0.506 e. The summed E-state index contributed by atoms with van der Waals surface area (Å²) in [5.41, 5.74) is 3.13. The fourth-order valence-electron chi connectivity index (χ4n) is 3.99. The first-order valence-electron chi connectivity index (χ1n) is 11.5. The van der Waals surface area contributed by atoms with Crippen LogP contribution >= 0.6 is 0 Å². The fraction of sp³-hybridized carbons (Fsp3) is 0.100. The number of fused-ring (bicyclic) bond motifs is 1. The maximum Gasteiger partial charge on any atom is 0.334 e. The number of halogens is 1. The Hall–Kier alpha value is -4.96. The number of aromatic nitrogens is 2. The summed E-state index contributed by atoms with van der Waals surface area (Å²) >= 11 is 0. The van der Waals surface area contributed by atoms with Gasteiger partial charge < -0.3 is 19.3 Å². The van der Waals surface area contributed by atoms with Crippen molar-refractivity contribution in [1.29, 1.82) is 0 Å². The zero-order valence-corrected chi connectivity index (χ0v) is 20.3. The topological polar surface area (TPSA) is 67.6 Å². The number of phenols is 1. The minimum absolute atomic E-state index is 0.0726. The van der Waals surface area contributed by atoms with E-state index >= 15 is 0 Å². The lowest BCUT2D eigenvalue weighted by atomic mass is 10.1. The molecule has 4 aromatic carbocycles. The van der Waals surface area contributed by atoms with Crippen LogP contribution in [0.15, 0.2) is 84.9 Å². The summed E-state index contributed by atoms with van der Waals surface area (Å²) in [5, 5.41) is 10.8. The second-order valence-corrected chi connectivity index (χ2v) is 8.25. The van der Waals surface area contributed by atoms with Crippen LogP contribution < -0.4 is 18.8 Å². The quantitative estimate of drug-likeness (QED) is 0.239. The average Bonchev–Trinajstić information content (AvgIpc) is 3.26. The van der Waals surface area contributed by atoms with Crippen molar-refractivity contribution < 1.29 is 28.3 Å². The molecule has 184 valence electrons. The average molecular weight is 496 g/mol. The molecule has 37 heavy (non-hydrogen) atoms. The van der Waals surface area contributed by atoms with Crippen molar-refractivity contribution in [1.82, 2.24) is 4.98 Å². The molecule has 0 amide bonds. The van der Waals surface area contributed by atoms with Crippen LogP contribution in [-0.4, -0.2) is 24.3 Å². The number of nitrogens with one attached hydrogen (secondary N) is 1. The Bertz CT molecular complexity index is 1610. The van der Waals surface area contributed by atoms with Gasteiger partial charge in [-0.2, -0.15) is 0 Å². The predicted octanol–water partition coefficient (Wildman–Crippen LogP) is 5.56. The Balaban J connectivity index is 1.49. The van der Waals surface area contributed by atoms with Gasteiger partial charge in [0.05, 0.1) is 14.2 Å². The largest absolute Gasteiger partial charge is 0.506 e. The number of ether oxygens (including phenoxy) is 3. The van der Waals surface area contributed by atoms with Gasteiger partial charge in [-0.15, -0.1) is 0 Å². The lowest BCUT2D eigenvalue weighted by Crippen LogP contribution is -2.36. The summed E-state index contributed by atoms with van der Waals surface area (Å²) in [5.74, 6) is 8.53. The molecule has 5 rings (SSSR count). The zero-order valence-electron chi connectivity index (χ0n) is 20.3. The van der Waals surface area contributed by atoms with E-state index < -0.39 is 0 Å². The van der Waals surface area contributed by atoms with Crippen molar-refractivity contribution >= 4 is 11.0 Å². The maximum absolute atomic E-state index is 13.4. The van der Waals surface area contributed by atoms with E-state index in [-0.39, 0.29) is 11.6 Å². The third kappa shape index (κ3) is 5.19. The molecule has 1 aromatic heterocycles. The molecule has 0 fully saturated rings. The molecule has 0 atom stereocenters. The Labute approximate surface area is 213 Å². The molecule has 0 unspecified atom stereocenters. The maximum atomic E-state index is 13.4. The minimum atomic E-state index is -0.283. The second kappa shape index (κ2) is 10.3. The van der Waals surface area contributed by atoms with Crippen molar-refractivity contribution in [3.63, 3.8) is 0 Å². The highest BCUT2D eigenvalue weighted by Crippen LogP contribution is 2.35. The van der Waals surface area contributed by atoms with Gasteiger partial charge in [0.15, 0.2) is 11.0 Å². The van der Waals surface area contributed by atoms with Gasteiger partial charge in [0.1, 0.15) is 46.7 Å². The highest BCUT2D eigenvalue weighted by molar-refractivity contribution is 5.72. The van der Waals surface area contributed by atoms with Gasteiger partial charge in [0.25, 0.3) is 0 Å². The van der Waals surface area contributed by atoms with Crippen LogP contribution in [-0.2, 0) is 6.54 Å². The third-order valence-corrected chi connectivity index (χ3v) is 5.85. The van der Waals surface area contributed by atoms with Crippen LogP contribution in [0.2, 0.25) is 0 Å². The van der Waals surface area contributed by atoms with E-state index in [1.165, 1.54) is 25.3 Å². The van der Waals surface area contributed by atoms with E-state index in [0.29, 0.717) is 40.9 Å². The monoisotopic (exact) mass is 495 g/mol. The third-order valence-electron chi connectivity index (χ3n) is 5.85. The molecule has 0 saturated heterocycles. The number of hydrogen-bond acceptors (Lipinski definition) is 4. The molecule has 1 heterocycles. The molecule has 0 bridgehead atoms. The molecule has 5 aromatic rings. The SMILES string of the molecule is COc1ccc(Oc2cc(O)c(C#Cc3[nH]c4ccccc4[n+]3Cc3ccc(F)cc3)c(OC)c2)cc1. The number of para-hydroxylation sites is 2. The van der Waals surface area contributed by atoms with E-state index in [4.69, 9.17) is 14.2 Å².